The smallest absolute Gasteiger partial charge is 0.315 e. The van der Waals surface area contributed by atoms with Gasteiger partial charge in [0.2, 0.25) is 0 Å². The summed E-state index contributed by atoms with van der Waals surface area (Å²) in [6, 6.07) is 8.90. The van der Waals surface area contributed by atoms with Crippen molar-refractivity contribution in [1.82, 2.24) is 15.5 Å². The number of hydrogen-bond acceptors (Lipinski definition) is 3. The van der Waals surface area contributed by atoms with Gasteiger partial charge < -0.3 is 15.5 Å². The molecule has 26 heavy (non-hydrogen) atoms. The minimum atomic E-state index is 0.00682. The van der Waals surface area contributed by atoms with E-state index in [1.165, 1.54) is 31.5 Å². The maximum absolute atomic E-state index is 12.4. The van der Waals surface area contributed by atoms with E-state index in [1.807, 2.05) is 12.1 Å². The first-order chi connectivity index (χ1) is 12.7. The predicted octanol–water partition coefficient (Wildman–Crippen LogP) is 3.09. The highest BCUT2D eigenvalue weighted by Crippen LogP contribution is 2.27. The lowest BCUT2D eigenvalue weighted by molar-refractivity contribution is 0.178. The third kappa shape index (κ3) is 4.09. The van der Waals surface area contributed by atoms with Crippen LogP contribution in [0.1, 0.15) is 32.1 Å². The minimum absolute atomic E-state index is 0.00682. The Morgan fingerprint density at radius 2 is 1.92 bits per heavy atom. The fourth-order valence-corrected chi connectivity index (χ4v) is 4.88. The van der Waals surface area contributed by atoms with Crippen LogP contribution in [0.4, 0.5) is 10.5 Å². The second-order valence-corrected chi connectivity index (χ2v) is 8.36. The van der Waals surface area contributed by atoms with Gasteiger partial charge in [0.25, 0.3) is 0 Å². The van der Waals surface area contributed by atoms with Crippen LogP contribution < -0.4 is 15.5 Å². The Morgan fingerprint density at radius 3 is 2.77 bits per heavy atom. The summed E-state index contributed by atoms with van der Waals surface area (Å²) in [4.78, 5) is 17.3. The van der Waals surface area contributed by atoms with Crippen LogP contribution in [0.5, 0.6) is 0 Å². The van der Waals surface area contributed by atoms with Crippen LogP contribution in [0, 0.1) is 5.92 Å². The van der Waals surface area contributed by atoms with E-state index in [1.54, 1.807) is 0 Å². The fraction of sp³-hybridized carbons (Fsp3) is 0.650. The van der Waals surface area contributed by atoms with Crippen molar-refractivity contribution < 1.29 is 4.79 Å². The van der Waals surface area contributed by atoms with Crippen LogP contribution in [-0.2, 0) is 0 Å². The zero-order valence-corrected chi connectivity index (χ0v) is 16.0. The van der Waals surface area contributed by atoms with Crippen molar-refractivity contribution in [2.24, 2.45) is 5.92 Å². The Balaban J connectivity index is 1.21. The summed E-state index contributed by atoms with van der Waals surface area (Å²) in [5, 5.41) is 7.11. The molecular formula is C20H29ClN4O. The standard InChI is InChI=1S/C20H29ClN4O/c21-16-4-6-17(7-5-16)25-11-8-15(14-25)13-22-20(26)23-18-9-12-24-10-2-1-3-19(18)24/h4-7,15,18-19H,1-3,8-14H2,(H2,22,23,26)/t15-,18-,19-/m0/s1. The molecule has 3 aliphatic heterocycles. The predicted molar refractivity (Wildman–Crippen MR) is 106 cm³/mol. The number of benzene rings is 1. The lowest BCUT2D eigenvalue weighted by atomic mass is 9.99. The van der Waals surface area contributed by atoms with Crippen molar-refractivity contribution in [1.29, 1.82) is 0 Å². The van der Waals surface area contributed by atoms with Gasteiger partial charge in [-0.25, -0.2) is 4.79 Å². The Hall–Kier alpha value is -1.46. The van der Waals surface area contributed by atoms with Gasteiger partial charge >= 0.3 is 6.03 Å². The topological polar surface area (TPSA) is 47.6 Å². The van der Waals surface area contributed by atoms with E-state index in [9.17, 15) is 4.79 Å². The van der Waals surface area contributed by atoms with E-state index in [0.29, 0.717) is 18.0 Å². The lowest BCUT2D eigenvalue weighted by Crippen LogP contribution is -2.50. The molecule has 3 fully saturated rings. The number of hydrogen-bond donors (Lipinski definition) is 2. The van der Waals surface area contributed by atoms with Gasteiger partial charge in [-0.15, -0.1) is 0 Å². The number of nitrogens with zero attached hydrogens (tertiary/aromatic N) is 2. The number of halogens is 1. The summed E-state index contributed by atoms with van der Waals surface area (Å²) in [7, 11) is 0. The number of nitrogens with one attached hydrogen (secondary N) is 2. The monoisotopic (exact) mass is 376 g/mol. The van der Waals surface area contributed by atoms with Gasteiger partial charge in [-0.1, -0.05) is 18.0 Å². The number of carbonyl (C=O) groups is 1. The molecule has 2 N–H and O–H groups in total. The van der Waals surface area contributed by atoms with Crippen molar-refractivity contribution in [2.75, 3.05) is 37.6 Å². The number of rotatable bonds is 4. The average molecular weight is 377 g/mol. The Kier molecular flexibility index (Phi) is 5.55. The van der Waals surface area contributed by atoms with Crippen molar-refractivity contribution in [3.8, 4) is 0 Å². The molecule has 0 saturated carbocycles. The van der Waals surface area contributed by atoms with E-state index in [-0.39, 0.29) is 6.03 Å². The molecule has 3 atom stereocenters. The van der Waals surface area contributed by atoms with Crippen LogP contribution >= 0.6 is 11.6 Å². The largest absolute Gasteiger partial charge is 0.371 e. The maximum atomic E-state index is 12.4. The molecule has 6 heteroatoms. The minimum Gasteiger partial charge on any atom is -0.371 e. The van der Waals surface area contributed by atoms with Gasteiger partial charge in [0.1, 0.15) is 0 Å². The summed E-state index contributed by atoms with van der Waals surface area (Å²) in [6.45, 7) is 5.11. The number of piperidine rings is 1. The SMILES string of the molecule is O=C(NC[C@@H]1CCN(c2ccc(Cl)cc2)C1)N[C@H]1CCN2CCCC[C@@H]12. The van der Waals surface area contributed by atoms with Crippen LogP contribution in [0.15, 0.2) is 24.3 Å². The molecule has 0 aliphatic carbocycles. The quantitative estimate of drug-likeness (QED) is 0.848. The highest BCUT2D eigenvalue weighted by atomic mass is 35.5. The van der Waals surface area contributed by atoms with Crippen LogP contribution in [0.2, 0.25) is 5.02 Å². The van der Waals surface area contributed by atoms with Gasteiger partial charge in [-0.2, -0.15) is 0 Å². The number of urea groups is 1. The summed E-state index contributed by atoms with van der Waals surface area (Å²) in [6.07, 6.45) is 6.03. The van der Waals surface area contributed by atoms with Crippen molar-refractivity contribution in [2.45, 2.75) is 44.2 Å². The molecule has 3 aliphatic rings. The van der Waals surface area contributed by atoms with Gasteiger partial charge in [0, 0.05) is 49.0 Å². The zero-order chi connectivity index (χ0) is 17.9. The molecule has 2 amide bonds. The highest BCUT2D eigenvalue weighted by Gasteiger charge is 2.36. The molecular weight excluding hydrogens is 348 g/mol. The first kappa shape index (κ1) is 17.9. The Bertz CT molecular complexity index is 623. The van der Waals surface area contributed by atoms with E-state index in [0.717, 1.165) is 44.0 Å². The molecule has 0 radical (unpaired) electrons. The van der Waals surface area contributed by atoms with Crippen molar-refractivity contribution >= 4 is 23.3 Å². The fourth-order valence-electron chi connectivity index (χ4n) is 4.76. The zero-order valence-electron chi connectivity index (χ0n) is 15.3. The van der Waals surface area contributed by atoms with Crippen LogP contribution in [0.25, 0.3) is 0 Å². The molecule has 3 saturated heterocycles. The number of anilines is 1. The van der Waals surface area contributed by atoms with E-state index in [4.69, 9.17) is 11.6 Å². The van der Waals surface area contributed by atoms with Crippen LogP contribution in [0.3, 0.4) is 0 Å². The molecule has 5 nitrogen and oxygen atoms in total. The van der Waals surface area contributed by atoms with Crippen molar-refractivity contribution in [3.05, 3.63) is 29.3 Å². The normalized spacial score (nSPS) is 28.8. The summed E-state index contributed by atoms with van der Waals surface area (Å²) >= 11 is 5.97. The third-order valence-corrected chi connectivity index (χ3v) is 6.45. The third-order valence-electron chi connectivity index (χ3n) is 6.20. The lowest BCUT2D eigenvalue weighted by Gasteiger charge is -2.32. The Morgan fingerprint density at radius 1 is 1.08 bits per heavy atom. The number of fused-ring (bicyclic) bond motifs is 1. The molecule has 3 heterocycles. The average Bonchev–Trinajstić information content (AvgIpc) is 3.28. The highest BCUT2D eigenvalue weighted by molar-refractivity contribution is 6.30. The summed E-state index contributed by atoms with van der Waals surface area (Å²) in [5.41, 5.74) is 1.21. The number of carbonyl (C=O) groups excluding carboxylic acids is 1. The Labute approximate surface area is 161 Å². The molecule has 0 aromatic heterocycles. The first-order valence-corrected chi connectivity index (χ1v) is 10.4. The molecule has 1 aromatic rings. The number of amides is 2. The first-order valence-electron chi connectivity index (χ1n) is 9.98. The van der Waals surface area contributed by atoms with E-state index >= 15 is 0 Å². The summed E-state index contributed by atoms with van der Waals surface area (Å²) in [5.74, 6) is 0.506. The maximum Gasteiger partial charge on any atom is 0.315 e. The van der Waals surface area contributed by atoms with Gasteiger partial charge in [0.05, 0.1) is 0 Å². The van der Waals surface area contributed by atoms with E-state index in [2.05, 4.69) is 32.6 Å². The second kappa shape index (κ2) is 8.05. The molecule has 1 aromatic carbocycles. The molecule has 0 unspecified atom stereocenters. The molecule has 0 bridgehead atoms. The molecule has 142 valence electrons. The summed E-state index contributed by atoms with van der Waals surface area (Å²) < 4.78 is 0. The van der Waals surface area contributed by atoms with Gasteiger partial charge in [-0.05, 0) is 62.4 Å². The molecule has 4 rings (SSSR count). The second-order valence-electron chi connectivity index (χ2n) is 7.93. The van der Waals surface area contributed by atoms with Gasteiger partial charge in [-0.3, -0.25) is 4.90 Å². The molecule has 0 spiro atoms. The van der Waals surface area contributed by atoms with Crippen LogP contribution in [-0.4, -0.2) is 55.7 Å². The van der Waals surface area contributed by atoms with E-state index < -0.39 is 0 Å². The van der Waals surface area contributed by atoms with Crippen molar-refractivity contribution in [3.63, 3.8) is 0 Å². The van der Waals surface area contributed by atoms with Gasteiger partial charge in [0.15, 0.2) is 0 Å².